The number of piperidine rings is 1. The number of likely N-dealkylation sites (tertiary alicyclic amines) is 1. The summed E-state index contributed by atoms with van der Waals surface area (Å²) in [5, 5.41) is 3.33. The van der Waals surface area contributed by atoms with E-state index in [1.54, 1.807) is 19.0 Å². The fraction of sp³-hybridized carbons (Fsp3) is 0.917. The standard InChI is InChI=1S/C12H25N3O3S/c1-10(9-19(4,17)18)13-11-5-7-15(8-6-11)12(16)14(2)3/h10-11,13H,5-9H2,1-4H3. The molecule has 0 aromatic rings. The molecule has 0 bridgehead atoms. The van der Waals surface area contributed by atoms with Gasteiger partial charge in [0.2, 0.25) is 0 Å². The third kappa shape index (κ3) is 5.78. The molecule has 0 radical (unpaired) electrons. The van der Waals surface area contributed by atoms with Crippen LogP contribution >= 0.6 is 0 Å². The molecule has 19 heavy (non-hydrogen) atoms. The molecule has 0 saturated carbocycles. The Bertz CT molecular complexity index is 400. The van der Waals surface area contributed by atoms with Gasteiger partial charge in [-0.2, -0.15) is 0 Å². The number of nitrogens with zero attached hydrogens (tertiary/aromatic N) is 2. The summed E-state index contributed by atoms with van der Waals surface area (Å²) in [6.45, 7) is 3.33. The maximum absolute atomic E-state index is 11.8. The zero-order valence-corrected chi connectivity index (χ0v) is 13.0. The first-order chi connectivity index (χ1) is 8.69. The Morgan fingerprint density at radius 1 is 1.37 bits per heavy atom. The number of nitrogens with one attached hydrogen (secondary N) is 1. The van der Waals surface area contributed by atoms with Crippen molar-refractivity contribution in [2.75, 3.05) is 39.2 Å². The minimum Gasteiger partial charge on any atom is -0.331 e. The zero-order valence-electron chi connectivity index (χ0n) is 12.2. The van der Waals surface area contributed by atoms with Gasteiger partial charge in [-0.05, 0) is 19.8 Å². The maximum Gasteiger partial charge on any atom is 0.319 e. The number of carbonyl (C=O) groups is 1. The lowest BCUT2D eigenvalue weighted by Gasteiger charge is -2.35. The van der Waals surface area contributed by atoms with Crippen LogP contribution in [-0.2, 0) is 9.84 Å². The predicted octanol–water partition coefficient (Wildman–Crippen LogP) is 0.155. The van der Waals surface area contributed by atoms with Gasteiger partial charge in [-0.1, -0.05) is 0 Å². The lowest BCUT2D eigenvalue weighted by molar-refractivity contribution is 0.151. The lowest BCUT2D eigenvalue weighted by atomic mass is 10.0. The predicted molar refractivity (Wildman–Crippen MR) is 76.0 cm³/mol. The van der Waals surface area contributed by atoms with Crippen LogP contribution in [0.4, 0.5) is 4.79 Å². The van der Waals surface area contributed by atoms with Crippen LogP contribution < -0.4 is 5.32 Å². The van der Waals surface area contributed by atoms with Crippen molar-refractivity contribution < 1.29 is 13.2 Å². The van der Waals surface area contributed by atoms with Gasteiger partial charge < -0.3 is 15.1 Å². The summed E-state index contributed by atoms with van der Waals surface area (Å²) in [6, 6.07) is 0.293. The molecule has 6 nitrogen and oxygen atoms in total. The number of amides is 2. The molecule has 1 N–H and O–H groups in total. The van der Waals surface area contributed by atoms with Gasteiger partial charge in [-0.25, -0.2) is 13.2 Å². The van der Waals surface area contributed by atoms with Crippen molar-refractivity contribution in [2.24, 2.45) is 0 Å². The summed E-state index contributed by atoms with van der Waals surface area (Å²) in [7, 11) is 0.558. The largest absolute Gasteiger partial charge is 0.331 e. The number of rotatable bonds is 4. The molecule has 1 fully saturated rings. The molecule has 0 aromatic carbocycles. The minimum atomic E-state index is -2.94. The number of urea groups is 1. The average Bonchev–Trinajstić information content (AvgIpc) is 2.26. The Morgan fingerprint density at radius 2 is 1.89 bits per heavy atom. The van der Waals surface area contributed by atoms with E-state index in [0.29, 0.717) is 6.04 Å². The van der Waals surface area contributed by atoms with E-state index in [9.17, 15) is 13.2 Å². The first-order valence-electron chi connectivity index (χ1n) is 6.59. The molecule has 1 atom stereocenters. The van der Waals surface area contributed by atoms with Crippen molar-refractivity contribution in [1.29, 1.82) is 0 Å². The first kappa shape index (κ1) is 16.2. The quantitative estimate of drug-likeness (QED) is 0.801. The molecule has 0 aliphatic carbocycles. The zero-order chi connectivity index (χ0) is 14.6. The molecule has 2 amide bonds. The molecule has 7 heteroatoms. The van der Waals surface area contributed by atoms with Gasteiger partial charge in [0.15, 0.2) is 0 Å². The van der Waals surface area contributed by atoms with Crippen molar-refractivity contribution in [3.63, 3.8) is 0 Å². The van der Waals surface area contributed by atoms with Crippen molar-refractivity contribution in [3.8, 4) is 0 Å². The van der Waals surface area contributed by atoms with Crippen LogP contribution in [0.3, 0.4) is 0 Å². The third-order valence-corrected chi connectivity index (χ3v) is 4.33. The Labute approximate surface area is 116 Å². The highest BCUT2D eigenvalue weighted by atomic mass is 32.2. The topological polar surface area (TPSA) is 69.7 Å². The van der Waals surface area contributed by atoms with E-state index in [-0.39, 0.29) is 17.8 Å². The lowest BCUT2D eigenvalue weighted by Crippen LogP contribution is -2.50. The molecular formula is C12H25N3O3S. The van der Waals surface area contributed by atoms with Crippen molar-refractivity contribution in [2.45, 2.75) is 31.8 Å². The van der Waals surface area contributed by atoms with Crippen LogP contribution in [0.1, 0.15) is 19.8 Å². The minimum absolute atomic E-state index is 0.0441. The summed E-state index contributed by atoms with van der Waals surface area (Å²) in [5.74, 6) is 0.157. The van der Waals surface area contributed by atoms with E-state index < -0.39 is 9.84 Å². The van der Waals surface area contributed by atoms with Crippen LogP contribution in [-0.4, -0.2) is 75.5 Å². The van der Waals surface area contributed by atoms with E-state index in [1.807, 2.05) is 11.8 Å². The number of hydrogen-bond acceptors (Lipinski definition) is 4. The van der Waals surface area contributed by atoms with Crippen molar-refractivity contribution in [1.82, 2.24) is 15.1 Å². The second-order valence-electron chi connectivity index (χ2n) is 5.60. The Morgan fingerprint density at radius 3 is 2.32 bits per heavy atom. The van der Waals surface area contributed by atoms with Gasteiger partial charge in [-0.15, -0.1) is 0 Å². The van der Waals surface area contributed by atoms with E-state index in [1.165, 1.54) is 6.26 Å². The first-order valence-corrected chi connectivity index (χ1v) is 8.65. The van der Waals surface area contributed by atoms with E-state index >= 15 is 0 Å². The van der Waals surface area contributed by atoms with Gasteiger partial charge >= 0.3 is 6.03 Å². The van der Waals surface area contributed by atoms with Crippen LogP contribution in [0.15, 0.2) is 0 Å². The molecule has 1 rings (SSSR count). The van der Waals surface area contributed by atoms with Gasteiger partial charge in [0, 0.05) is 45.5 Å². The van der Waals surface area contributed by atoms with Gasteiger partial charge in [0.1, 0.15) is 9.84 Å². The fourth-order valence-electron chi connectivity index (χ4n) is 2.42. The molecule has 1 aliphatic heterocycles. The molecular weight excluding hydrogens is 266 g/mol. The Balaban J connectivity index is 2.36. The average molecular weight is 291 g/mol. The maximum atomic E-state index is 11.8. The van der Waals surface area contributed by atoms with Crippen LogP contribution in [0.5, 0.6) is 0 Å². The molecule has 112 valence electrons. The van der Waals surface area contributed by atoms with Crippen LogP contribution in [0.25, 0.3) is 0 Å². The summed E-state index contributed by atoms with van der Waals surface area (Å²) in [4.78, 5) is 15.2. The highest BCUT2D eigenvalue weighted by Crippen LogP contribution is 2.12. The SMILES string of the molecule is CC(CS(C)(=O)=O)NC1CCN(C(=O)N(C)C)CC1. The number of carbonyl (C=O) groups excluding carboxylic acids is 1. The van der Waals surface area contributed by atoms with Gasteiger partial charge in [0.05, 0.1) is 5.75 Å². The Kier molecular flexibility index (Phi) is 5.61. The summed E-state index contributed by atoms with van der Waals surface area (Å²) in [5.41, 5.74) is 0. The molecule has 0 aromatic heterocycles. The monoisotopic (exact) mass is 291 g/mol. The summed E-state index contributed by atoms with van der Waals surface area (Å²) in [6.07, 6.45) is 2.99. The molecule has 1 heterocycles. The summed E-state index contributed by atoms with van der Waals surface area (Å²) >= 11 is 0. The van der Waals surface area contributed by atoms with E-state index in [0.717, 1.165) is 25.9 Å². The van der Waals surface area contributed by atoms with Crippen LogP contribution in [0.2, 0.25) is 0 Å². The summed E-state index contributed by atoms with van der Waals surface area (Å²) < 4.78 is 22.4. The van der Waals surface area contributed by atoms with Gasteiger partial charge in [0.25, 0.3) is 0 Å². The second-order valence-corrected chi connectivity index (χ2v) is 7.78. The number of sulfone groups is 1. The molecule has 0 spiro atoms. The molecule has 1 aliphatic rings. The third-order valence-electron chi connectivity index (χ3n) is 3.22. The second kappa shape index (κ2) is 6.56. The smallest absolute Gasteiger partial charge is 0.319 e. The van der Waals surface area contributed by atoms with Crippen LogP contribution in [0, 0.1) is 0 Å². The van der Waals surface area contributed by atoms with Crippen molar-refractivity contribution in [3.05, 3.63) is 0 Å². The molecule has 1 saturated heterocycles. The highest BCUT2D eigenvalue weighted by molar-refractivity contribution is 7.90. The fourth-order valence-corrected chi connectivity index (χ4v) is 3.43. The highest BCUT2D eigenvalue weighted by Gasteiger charge is 2.24. The molecule has 1 unspecified atom stereocenters. The van der Waals surface area contributed by atoms with Crippen molar-refractivity contribution >= 4 is 15.9 Å². The normalized spacial score (nSPS) is 19.3. The number of hydrogen-bond donors (Lipinski definition) is 1. The Hall–Kier alpha value is -0.820. The van der Waals surface area contributed by atoms with E-state index in [2.05, 4.69) is 5.32 Å². The van der Waals surface area contributed by atoms with E-state index in [4.69, 9.17) is 0 Å². The van der Waals surface area contributed by atoms with Gasteiger partial charge in [-0.3, -0.25) is 0 Å².